The van der Waals surface area contributed by atoms with E-state index < -0.39 is 0 Å². The van der Waals surface area contributed by atoms with Crippen molar-refractivity contribution >= 4 is 0 Å². The average Bonchev–Trinajstić information content (AvgIpc) is 2.38. The van der Waals surface area contributed by atoms with Crippen LogP contribution in [0.3, 0.4) is 0 Å². The van der Waals surface area contributed by atoms with Crippen molar-refractivity contribution in [2.75, 3.05) is 13.1 Å². The summed E-state index contributed by atoms with van der Waals surface area (Å²) in [5.74, 6) is 0. The molecule has 3 heteroatoms. The molecule has 1 aliphatic carbocycles. The molecule has 1 unspecified atom stereocenters. The molecular formula is C14H23N3. The Hall–Kier alpha value is -0.960. The molecule has 1 atom stereocenters. The molecule has 1 aromatic heterocycles. The van der Waals surface area contributed by atoms with Gasteiger partial charge in [0.05, 0.1) is 0 Å². The maximum atomic E-state index is 4.38. The fraction of sp³-hybridized carbons (Fsp3) is 0.714. The second kappa shape index (κ2) is 6.10. The summed E-state index contributed by atoms with van der Waals surface area (Å²) in [6.45, 7) is 6.98. The number of hydrogen-bond donors (Lipinski definition) is 0. The number of nitrogens with zero attached hydrogens (tertiary/aromatic N) is 3. The van der Waals surface area contributed by atoms with Crippen LogP contribution in [0, 0.1) is 0 Å². The summed E-state index contributed by atoms with van der Waals surface area (Å²) in [5, 5.41) is 0. The Kier molecular flexibility index (Phi) is 4.49. The van der Waals surface area contributed by atoms with E-state index in [4.69, 9.17) is 0 Å². The van der Waals surface area contributed by atoms with E-state index >= 15 is 0 Å². The Morgan fingerprint density at radius 1 is 1.29 bits per heavy atom. The molecule has 0 spiro atoms. The molecule has 0 saturated heterocycles. The molecule has 0 N–H and O–H groups in total. The van der Waals surface area contributed by atoms with Crippen molar-refractivity contribution < 1.29 is 0 Å². The third-order valence-electron chi connectivity index (χ3n) is 3.59. The third-order valence-corrected chi connectivity index (χ3v) is 3.59. The van der Waals surface area contributed by atoms with Gasteiger partial charge in [-0.3, -0.25) is 0 Å². The molecule has 0 radical (unpaired) electrons. The summed E-state index contributed by atoms with van der Waals surface area (Å²) in [6, 6.07) is 0.702. The molecule has 94 valence electrons. The van der Waals surface area contributed by atoms with Gasteiger partial charge < -0.3 is 4.90 Å². The van der Waals surface area contributed by atoms with E-state index in [0.29, 0.717) is 6.04 Å². The highest BCUT2D eigenvalue weighted by molar-refractivity contribution is 5.20. The van der Waals surface area contributed by atoms with Gasteiger partial charge >= 0.3 is 0 Å². The minimum atomic E-state index is 0.702. The monoisotopic (exact) mass is 233 g/mol. The predicted molar refractivity (Wildman–Crippen MR) is 70.0 cm³/mol. The first-order valence-corrected chi connectivity index (χ1v) is 6.87. The normalized spacial score (nSPS) is 19.4. The lowest BCUT2D eigenvalue weighted by Crippen LogP contribution is -2.40. The van der Waals surface area contributed by atoms with E-state index in [1.54, 1.807) is 6.33 Å². The topological polar surface area (TPSA) is 29.0 Å². The van der Waals surface area contributed by atoms with Crippen molar-refractivity contribution in [3.8, 4) is 0 Å². The zero-order chi connectivity index (χ0) is 12.1. The largest absolute Gasteiger partial charge is 0.300 e. The lowest BCUT2D eigenvalue weighted by atomic mass is 9.91. The molecule has 1 aromatic rings. The fourth-order valence-electron chi connectivity index (χ4n) is 2.80. The van der Waals surface area contributed by atoms with Gasteiger partial charge in [0.15, 0.2) is 0 Å². The van der Waals surface area contributed by atoms with Crippen LogP contribution < -0.4 is 0 Å². The summed E-state index contributed by atoms with van der Waals surface area (Å²) < 4.78 is 0. The Morgan fingerprint density at radius 3 is 2.76 bits per heavy atom. The molecule has 1 aliphatic rings. The highest BCUT2D eigenvalue weighted by atomic mass is 15.1. The Balaban J connectivity index is 2.04. The number of rotatable bonds is 5. The zero-order valence-electron chi connectivity index (χ0n) is 11.0. The van der Waals surface area contributed by atoms with Gasteiger partial charge in [0.1, 0.15) is 6.33 Å². The van der Waals surface area contributed by atoms with Crippen LogP contribution >= 0.6 is 0 Å². The molecule has 0 saturated carbocycles. The highest BCUT2D eigenvalue weighted by Crippen LogP contribution is 2.22. The fourth-order valence-corrected chi connectivity index (χ4v) is 2.80. The molecule has 0 amide bonds. The lowest BCUT2D eigenvalue weighted by Gasteiger charge is -2.34. The second-order valence-corrected chi connectivity index (χ2v) is 4.93. The van der Waals surface area contributed by atoms with Crippen LogP contribution in [0.4, 0.5) is 0 Å². The first kappa shape index (κ1) is 12.5. The maximum absolute atomic E-state index is 4.38. The number of aryl methyl sites for hydroxylation is 1. The second-order valence-electron chi connectivity index (χ2n) is 4.93. The van der Waals surface area contributed by atoms with Crippen LogP contribution in [0.5, 0.6) is 0 Å². The van der Waals surface area contributed by atoms with Crippen molar-refractivity contribution in [3.05, 3.63) is 23.8 Å². The number of fused-ring (bicyclic) bond motifs is 1. The van der Waals surface area contributed by atoms with Crippen LogP contribution in [-0.2, 0) is 12.8 Å². The van der Waals surface area contributed by atoms with Crippen molar-refractivity contribution in [2.45, 2.75) is 52.0 Å². The first-order chi connectivity index (χ1) is 8.35. The van der Waals surface area contributed by atoms with E-state index in [1.165, 1.54) is 43.6 Å². The average molecular weight is 233 g/mol. The summed E-state index contributed by atoms with van der Waals surface area (Å²) in [5.41, 5.74) is 2.63. The Bertz CT molecular complexity index is 345. The van der Waals surface area contributed by atoms with E-state index in [-0.39, 0.29) is 0 Å². The van der Waals surface area contributed by atoms with E-state index in [1.807, 2.05) is 6.20 Å². The van der Waals surface area contributed by atoms with Gasteiger partial charge in [0.2, 0.25) is 0 Å². The van der Waals surface area contributed by atoms with Gasteiger partial charge in [-0.05, 0) is 50.8 Å². The van der Waals surface area contributed by atoms with Gasteiger partial charge in [-0.2, -0.15) is 0 Å². The molecule has 1 heterocycles. The highest BCUT2D eigenvalue weighted by Gasteiger charge is 2.23. The number of aromatic nitrogens is 2. The van der Waals surface area contributed by atoms with Gasteiger partial charge in [0.25, 0.3) is 0 Å². The lowest BCUT2D eigenvalue weighted by molar-refractivity contribution is 0.179. The van der Waals surface area contributed by atoms with Crippen LogP contribution in [0.2, 0.25) is 0 Å². The minimum absolute atomic E-state index is 0.702. The maximum Gasteiger partial charge on any atom is 0.115 e. The first-order valence-electron chi connectivity index (χ1n) is 6.87. The molecule has 0 fully saturated rings. The molecular weight excluding hydrogens is 210 g/mol. The number of hydrogen-bond acceptors (Lipinski definition) is 3. The van der Waals surface area contributed by atoms with Crippen molar-refractivity contribution in [2.24, 2.45) is 0 Å². The standard InChI is InChI=1S/C14H23N3/c1-3-7-17(8-4-2)13-5-6-14-12(9-13)10-15-11-16-14/h10-11,13H,3-9H2,1-2H3. The summed E-state index contributed by atoms with van der Waals surface area (Å²) in [4.78, 5) is 11.2. The van der Waals surface area contributed by atoms with Gasteiger partial charge in [-0.25, -0.2) is 9.97 Å². The summed E-state index contributed by atoms with van der Waals surface area (Å²) >= 11 is 0. The van der Waals surface area contributed by atoms with E-state index in [9.17, 15) is 0 Å². The van der Waals surface area contributed by atoms with Crippen LogP contribution in [0.1, 0.15) is 44.4 Å². The minimum Gasteiger partial charge on any atom is -0.300 e. The molecule has 2 rings (SSSR count). The SMILES string of the molecule is CCCN(CCC)C1CCc2ncncc2C1. The van der Waals surface area contributed by atoms with Crippen LogP contribution in [0.25, 0.3) is 0 Å². The van der Waals surface area contributed by atoms with E-state index in [2.05, 4.69) is 28.7 Å². The zero-order valence-corrected chi connectivity index (χ0v) is 11.0. The van der Waals surface area contributed by atoms with Crippen molar-refractivity contribution in [1.82, 2.24) is 14.9 Å². The van der Waals surface area contributed by atoms with Crippen LogP contribution in [-0.4, -0.2) is 34.0 Å². The molecule has 0 aromatic carbocycles. The van der Waals surface area contributed by atoms with Crippen molar-refractivity contribution in [1.29, 1.82) is 0 Å². The molecule has 3 nitrogen and oxygen atoms in total. The quantitative estimate of drug-likeness (QED) is 0.782. The van der Waals surface area contributed by atoms with E-state index in [0.717, 1.165) is 12.8 Å². The third kappa shape index (κ3) is 3.03. The smallest absolute Gasteiger partial charge is 0.115 e. The summed E-state index contributed by atoms with van der Waals surface area (Å²) in [6.07, 6.45) is 9.68. The Morgan fingerprint density at radius 2 is 2.06 bits per heavy atom. The van der Waals surface area contributed by atoms with Gasteiger partial charge in [-0.1, -0.05) is 13.8 Å². The summed E-state index contributed by atoms with van der Waals surface area (Å²) in [7, 11) is 0. The molecule has 0 bridgehead atoms. The molecule has 0 aliphatic heterocycles. The van der Waals surface area contributed by atoms with Crippen LogP contribution in [0.15, 0.2) is 12.5 Å². The van der Waals surface area contributed by atoms with Gasteiger partial charge in [0, 0.05) is 17.9 Å². The molecule has 17 heavy (non-hydrogen) atoms. The van der Waals surface area contributed by atoms with Gasteiger partial charge in [-0.15, -0.1) is 0 Å². The predicted octanol–water partition coefficient (Wildman–Crippen LogP) is 2.46. The van der Waals surface area contributed by atoms with Crippen molar-refractivity contribution in [3.63, 3.8) is 0 Å². The Labute approximate surface area is 104 Å².